The molecule has 1 aromatic carbocycles. The Kier molecular flexibility index (Phi) is 2.23. The number of H-pyrrole nitrogens is 2. The minimum Gasteiger partial charge on any atom is -0.398 e. The number of aromatic nitrogens is 2. The number of benzene rings is 1. The van der Waals surface area contributed by atoms with Crippen molar-refractivity contribution >= 4 is 16.7 Å². The summed E-state index contributed by atoms with van der Waals surface area (Å²) in [5.74, 6) is 0. The van der Waals surface area contributed by atoms with Crippen LogP contribution in [0.1, 0.15) is 5.56 Å². The molecule has 0 fully saturated rings. The maximum atomic E-state index is 12.5. The van der Waals surface area contributed by atoms with Gasteiger partial charge >= 0.3 is 17.3 Å². The number of nitrogens with two attached hydrogens (primary N) is 1. The predicted molar refractivity (Wildman–Crippen MR) is 54.6 cm³/mol. The Hall–Kier alpha value is -2.25. The van der Waals surface area contributed by atoms with E-state index in [1.165, 1.54) is 0 Å². The van der Waals surface area contributed by atoms with Crippen LogP contribution >= 0.6 is 0 Å². The van der Waals surface area contributed by atoms with Gasteiger partial charge in [0.05, 0.1) is 16.6 Å². The summed E-state index contributed by atoms with van der Waals surface area (Å²) >= 11 is 0. The molecule has 0 bridgehead atoms. The molecule has 0 aliphatic rings. The lowest BCUT2D eigenvalue weighted by Crippen LogP contribution is -2.29. The summed E-state index contributed by atoms with van der Waals surface area (Å²) in [6, 6.07) is 1.64. The molecule has 0 radical (unpaired) electrons. The van der Waals surface area contributed by atoms with Crippen molar-refractivity contribution in [3.05, 3.63) is 38.4 Å². The highest BCUT2D eigenvalue weighted by Gasteiger charge is 2.33. The number of hydrogen-bond acceptors (Lipinski definition) is 3. The Balaban J connectivity index is 2.86. The van der Waals surface area contributed by atoms with Gasteiger partial charge in [-0.25, -0.2) is 0 Å². The zero-order valence-electron chi connectivity index (χ0n) is 8.18. The van der Waals surface area contributed by atoms with Gasteiger partial charge in [-0.1, -0.05) is 0 Å². The number of nitrogens with one attached hydrogen (secondary N) is 2. The van der Waals surface area contributed by atoms with Crippen molar-refractivity contribution in [3.63, 3.8) is 0 Å². The lowest BCUT2D eigenvalue weighted by molar-refractivity contribution is -0.136. The Morgan fingerprint density at radius 2 is 1.47 bits per heavy atom. The van der Waals surface area contributed by atoms with E-state index < -0.39 is 28.5 Å². The van der Waals surface area contributed by atoms with Crippen molar-refractivity contribution in [2.75, 3.05) is 5.73 Å². The molecule has 2 rings (SSSR count). The van der Waals surface area contributed by atoms with E-state index in [2.05, 4.69) is 4.98 Å². The van der Waals surface area contributed by atoms with Gasteiger partial charge in [0, 0.05) is 5.69 Å². The van der Waals surface area contributed by atoms with Crippen molar-refractivity contribution in [3.8, 4) is 0 Å². The summed E-state index contributed by atoms with van der Waals surface area (Å²) in [5, 5.41) is 0. The molecule has 2 aromatic rings. The molecule has 5 nitrogen and oxygen atoms in total. The predicted octanol–water partition coefficient (Wildman–Crippen LogP) is 0.817. The van der Waals surface area contributed by atoms with E-state index in [-0.39, 0.29) is 11.0 Å². The van der Waals surface area contributed by atoms with Crippen LogP contribution in [0.4, 0.5) is 18.9 Å². The number of anilines is 1. The average molecular weight is 245 g/mol. The zero-order valence-corrected chi connectivity index (χ0v) is 8.18. The SMILES string of the molecule is Nc1cc2[nH]c(=O)c(=O)[nH]c2cc1C(F)(F)F. The van der Waals surface area contributed by atoms with Crippen LogP contribution in [0.5, 0.6) is 0 Å². The van der Waals surface area contributed by atoms with Crippen molar-refractivity contribution in [1.82, 2.24) is 9.97 Å². The molecule has 0 saturated carbocycles. The number of aromatic amines is 2. The highest BCUT2D eigenvalue weighted by Crippen LogP contribution is 2.34. The second-order valence-corrected chi connectivity index (χ2v) is 3.39. The van der Waals surface area contributed by atoms with Crippen molar-refractivity contribution in [2.45, 2.75) is 6.18 Å². The number of fused-ring (bicyclic) bond motifs is 1. The zero-order chi connectivity index (χ0) is 12.8. The summed E-state index contributed by atoms with van der Waals surface area (Å²) in [4.78, 5) is 26.1. The Labute approximate surface area is 91.1 Å². The number of hydrogen-bond donors (Lipinski definition) is 3. The molecular weight excluding hydrogens is 239 g/mol. The molecule has 4 N–H and O–H groups in total. The number of rotatable bonds is 0. The number of alkyl halides is 3. The Morgan fingerprint density at radius 3 is 1.94 bits per heavy atom. The van der Waals surface area contributed by atoms with E-state index in [0.717, 1.165) is 6.07 Å². The summed E-state index contributed by atoms with van der Waals surface area (Å²) in [7, 11) is 0. The molecule has 0 spiro atoms. The van der Waals surface area contributed by atoms with Gasteiger partial charge in [-0.2, -0.15) is 13.2 Å². The highest BCUT2D eigenvalue weighted by molar-refractivity contribution is 5.79. The first kappa shape index (κ1) is 11.2. The van der Waals surface area contributed by atoms with Gasteiger partial charge in [0.2, 0.25) is 0 Å². The number of nitrogen functional groups attached to an aromatic ring is 1. The fourth-order valence-electron chi connectivity index (χ4n) is 1.43. The quantitative estimate of drug-likeness (QED) is 0.474. The minimum atomic E-state index is -4.62. The van der Waals surface area contributed by atoms with Gasteiger partial charge in [-0.05, 0) is 12.1 Å². The maximum Gasteiger partial charge on any atom is 0.418 e. The smallest absolute Gasteiger partial charge is 0.398 e. The van der Waals surface area contributed by atoms with Crippen molar-refractivity contribution in [2.24, 2.45) is 0 Å². The normalized spacial score (nSPS) is 11.9. The van der Waals surface area contributed by atoms with Crippen LogP contribution in [0.25, 0.3) is 11.0 Å². The van der Waals surface area contributed by atoms with E-state index in [4.69, 9.17) is 5.73 Å². The first-order chi connectivity index (χ1) is 7.79. The fraction of sp³-hybridized carbons (Fsp3) is 0.111. The monoisotopic (exact) mass is 245 g/mol. The molecular formula is C9H6F3N3O2. The van der Waals surface area contributed by atoms with Gasteiger partial charge in [0.25, 0.3) is 0 Å². The van der Waals surface area contributed by atoms with Gasteiger partial charge in [0.1, 0.15) is 0 Å². The second-order valence-electron chi connectivity index (χ2n) is 3.39. The van der Waals surface area contributed by atoms with Crippen LogP contribution in [0.15, 0.2) is 21.7 Å². The molecule has 0 aliphatic heterocycles. The van der Waals surface area contributed by atoms with E-state index in [9.17, 15) is 22.8 Å². The molecule has 1 aromatic heterocycles. The topological polar surface area (TPSA) is 91.7 Å². The molecule has 0 saturated heterocycles. The van der Waals surface area contributed by atoms with Crippen molar-refractivity contribution < 1.29 is 13.2 Å². The third-order valence-corrected chi connectivity index (χ3v) is 2.20. The lowest BCUT2D eigenvalue weighted by Gasteiger charge is -2.10. The van der Waals surface area contributed by atoms with Crippen LogP contribution in [0, 0.1) is 0 Å². The minimum absolute atomic E-state index is 0.0418. The van der Waals surface area contributed by atoms with Crippen LogP contribution in [0.3, 0.4) is 0 Å². The molecule has 1 heterocycles. The van der Waals surface area contributed by atoms with Gasteiger partial charge in [-0.3, -0.25) is 9.59 Å². The van der Waals surface area contributed by atoms with E-state index in [0.29, 0.717) is 6.07 Å². The van der Waals surface area contributed by atoms with Gasteiger partial charge in [-0.15, -0.1) is 0 Å². The maximum absolute atomic E-state index is 12.5. The Morgan fingerprint density at radius 1 is 1.00 bits per heavy atom. The van der Waals surface area contributed by atoms with Crippen LogP contribution in [-0.2, 0) is 6.18 Å². The van der Waals surface area contributed by atoms with Crippen LogP contribution < -0.4 is 16.9 Å². The van der Waals surface area contributed by atoms with E-state index >= 15 is 0 Å². The Bertz CT molecular complexity index is 699. The van der Waals surface area contributed by atoms with Crippen LogP contribution in [-0.4, -0.2) is 9.97 Å². The molecule has 90 valence electrons. The number of halogens is 3. The molecule has 0 amide bonds. The summed E-state index contributed by atoms with van der Waals surface area (Å²) in [5.41, 5.74) is 1.59. The van der Waals surface area contributed by atoms with Crippen molar-refractivity contribution in [1.29, 1.82) is 0 Å². The molecule has 0 unspecified atom stereocenters. The molecule has 17 heavy (non-hydrogen) atoms. The van der Waals surface area contributed by atoms with E-state index in [1.54, 1.807) is 0 Å². The largest absolute Gasteiger partial charge is 0.418 e. The summed E-state index contributed by atoms with van der Waals surface area (Å²) < 4.78 is 37.5. The highest BCUT2D eigenvalue weighted by atomic mass is 19.4. The lowest BCUT2D eigenvalue weighted by atomic mass is 10.1. The van der Waals surface area contributed by atoms with Gasteiger partial charge in [0.15, 0.2) is 0 Å². The first-order valence-electron chi connectivity index (χ1n) is 4.42. The first-order valence-corrected chi connectivity index (χ1v) is 4.42. The molecule has 0 atom stereocenters. The third kappa shape index (κ3) is 1.88. The molecule has 0 aliphatic carbocycles. The van der Waals surface area contributed by atoms with E-state index in [1.807, 2.05) is 4.98 Å². The second kappa shape index (κ2) is 3.37. The average Bonchev–Trinajstić information content (AvgIpc) is 2.18. The van der Waals surface area contributed by atoms with Gasteiger partial charge < -0.3 is 15.7 Å². The van der Waals surface area contributed by atoms with Crippen LogP contribution in [0.2, 0.25) is 0 Å². The fourth-order valence-corrected chi connectivity index (χ4v) is 1.43. The third-order valence-electron chi connectivity index (χ3n) is 2.20. The summed E-state index contributed by atoms with van der Waals surface area (Å²) in [6.07, 6.45) is -4.62. The summed E-state index contributed by atoms with van der Waals surface area (Å²) in [6.45, 7) is 0. The standard InChI is InChI=1S/C9H6F3N3O2/c10-9(11,12)3-1-5-6(2-4(3)13)15-8(17)7(16)14-5/h1-2H,13H2,(H,14,16)(H,15,17). The molecule has 8 heteroatoms.